The molecule has 1 aromatic rings. The molecule has 1 atom stereocenters. The molecule has 2 N–H and O–H groups in total. The molecule has 0 unspecified atom stereocenters. The van der Waals surface area contributed by atoms with Gasteiger partial charge in [-0.05, 0) is 75.6 Å². The molecule has 6 nitrogen and oxygen atoms in total. The number of likely N-dealkylation sites (tertiary alicyclic amines) is 1. The first-order valence-corrected chi connectivity index (χ1v) is 10.8. The SMILES string of the molecule is CC(=O)N[C@H](c1ccccn1)C1CCC(CNC(=O)CN2CCCCC2)CC1. The number of piperidine rings is 1. The lowest BCUT2D eigenvalue weighted by molar-refractivity contribution is -0.123. The summed E-state index contributed by atoms with van der Waals surface area (Å²) in [4.78, 5) is 30.6. The van der Waals surface area contributed by atoms with Crippen molar-refractivity contribution in [1.82, 2.24) is 20.5 Å². The maximum atomic E-state index is 12.2. The smallest absolute Gasteiger partial charge is 0.234 e. The Bertz CT molecular complexity index is 623. The second-order valence-electron chi connectivity index (χ2n) is 8.35. The Morgan fingerprint density at radius 1 is 1.14 bits per heavy atom. The van der Waals surface area contributed by atoms with Crippen LogP contribution >= 0.6 is 0 Å². The predicted octanol–water partition coefficient (Wildman–Crippen LogP) is 2.67. The number of rotatable bonds is 7. The molecule has 0 aromatic carbocycles. The number of hydrogen-bond donors (Lipinski definition) is 2. The Balaban J connectivity index is 1.43. The summed E-state index contributed by atoms with van der Waals surface area (Å²) in [5.41, 5.74) is 0.941. The molecule has 2 heterocycles. The standard InChI is InChI=1S/C22H34N4O2/c1-17(27)25-22(20-7-3-4-12-23-20)19-10-8-18(9-11-19)15-24-21(28)16-26-13-5-2-6-14-26/h3-4,7,12,18-19,22H,2,5-6,8-11,13-16H2,1H3,(H,24,28)(H,25,27)/t18?,19?,22-/m0/s1. The van der Waals surface area contributed by atoms with Crippen LogP contribution < -0.4 is 10.6 Å². The van der Waals surface area contributed by atoms with Crippen molar-refractivity contribution in [3.63, 3.8) is 0 Å². The van der Waals surface area contributed by atoms with Gasteiger partial charge in [-0.2, -0.15) is 0 Å². The normalized spacial score (nSPS) is 24.3. The fourth-order valence-corrected chi connectivity index (χ4v) is 4.57. The van der Waals surface area contributed by atoms with Crippen LogP contribution in [0.15, 0.2) is 24.4 Å². The van der Waals surface area contributed by atoms with E-state index in [2.05, 4.69) is 20.5 Å². The molecule has 154 valence electrons. The van der Waals surface area contributed by atoms with Gasteiger partial charge in [0.15, 0.2) is 0 Å². The van der Waals surface area contributed by atoms with Crippen molar-refractivity contribution < 1.29 is 9.59 Å². The van der Waals surface area contributed by atoms with E-state index in [4.69, 9.17) is 0 Å². The van der Waals surface area contributed by atoms with Gasteiger partial charge in [0, 0.05) is 19.7 Å². The van der Waals surface area contributed by atoms with Gasteiger partial charge in [-0.25, -0.2) is 0 Å². The number of nitrogens with zero attached hydrogens (tertiary/aromatic N) is 2. The van der Waals surface area contributed by atoms with Crippen molar-refractivity contribution in [3.8, 4) is 0 Å². The number of pyridine rings is 1. The van der Waals surface area contributed by atoms with Gasteiger partial charge in [0.1, 0.15) is 0 Å². The summed E-state index contributed by atoms with van der Waals surface area (Å²) in [7, 11) is 0. The third kappa shape index (κ3) is 6.30. The zero-order chi connectivity index (χ0) is 19.8. The highest BCUT2D eigenvalue weighted by molar-refractivity contribution is 5.78. The first-order chi connectivity index (χ1) is 13.6. The number of hydrogen-bond acceptors (Lipinski definition) is 4. The highest BCUT2D eigenvalue weighted by Gasteiger charge is 2.30. The predicted molar refractivity (Wildman–Crippen MR) is 110 cm³/mol. The summed E-state index contributed by atoms with van der Waals surface area (Å²) in [5, 5.41) is 6.24. The molecule has 1 aromatic heterocycles. The topological polar surface area (TPSA) is 74.3 Å². The molecule has 2 aliphatic rings. The van der Waals surface area contributed by atoms with E-state index in [0.29, 0.717) is 18.4 Å². The molecule has 0 spiro atoms. The van der Waals surface area contributed by atoms with E-state index in [1.165, 1.54) is 19.3 Å². The fraction of sp³-hybridized carbons (Fsp3) is 0.682. The molecule has 28 heavy (non-hydrogen) atoms. The number of carbonyl (C=O) groups excluding carboxylic acids is 2. The van der Waals surface area contributed by atoms with E-state index >= 15 is 0 Å². The molecule has 1 saturated heterocycles. The van der Waals surface area contributed by atoms with E-state index in [1.807, 2.05) is 18.2 Å². The van der Waals surface area contributed by atoms with Crippen LogP contribution in [-0.4, -0.2) is 47.9 Å². The van der Waals surface area contributed by atoms with Crippen LogP contribution in [0, 0.1) is 11.8 Å². The second-order valence-corrected chi connectivity index (χ2v) is 8.35. The minimum absolute atomic E-state index is 0.0113. The number of aromatic nitrogens is 1. The number of amides is 2. The zero-order valence-corrected chi connectivity index (χ0v) is 17.0. The van der Waals surface area contributed by atoms with Crippen LogP contribution in [0.25, 0.3) is 0 Å². The highest BCUT2D eigenvalue weighted by atomic mass is 16.2. The van der Waals surface area contributed by atoms with Crippen molar-refractivity contribution in [1.29, 1.82) is 0 Å². The summed E-state index contributed by atoms with van der Waals surface area (Å²) in [6.45, 7) is 4.99. The van der Waals surface area contributed by atoms with E-state index in [0.717, 1.165) is 51.0 Å². The lowest BCUT2D eigenvalue weighted by atomic mass is 9.77. The van der Waals surface area contributed by atoms with E-state index in [1.54, 1.807) is 13.1 Å². The van der Waals surface area contributed by atoms with Crippen LogP contribution in [0.4, 0.5) is 0 Å². The Morgan fingerprint density at radius 2 is 1.89 bits per heavy atom. The molecule has 1 saturated carbocycles. The van der Waals surface area contributed by atoms with Crippen LogP contribution in [0.3, 0.4) is 0 Å². The Kier molecular flexibility index (Phi) is 7.83. The summed E-state index contributed by atoms with van der Waals surface area (Å²) in [5.74, 6) is 1.08. The van der Waals surface area contributed by atoms with Crippen molar-refractivity contribution in [2.24, 2.45) is 11.8 Å². The van der Waals surface area contributed by atoms with Crippen LogP contribution in [0.1, 0.15) is 63.6 Å². The number of nitrogens with one attached hydrogen (secondary N) is 2. The van der Waals surface area contributed by atoms with Gasteiger partial charge in [0.05, 0.1) is 18.3 Å². The first-order valence-electron chi connectivity index (χ1n) is 10.8. The van der Waals surface area contributed by atoms with Gasteiger partial charge >= 0.3 is 0 Å². The third-order valence-corrected chi connectivity index (χ3v) is 6.13. The molecule has 1 aliphatic heterocycles. The van der Waals surface area contributed by atoms with Gasteiger partial charge in [-0.3, -0.25) is 19.5 Å². The molecule has 3 rings (SSSR count). The molecule has 2 amide bonds. The van der Waals surface area contributed by atoms with Crippen LogP contribution in [-0.2, 0) is 9.59 Å². The lowest BCUT2D eigenvalue weighted by Crippen LogP contribution is -2.42. The van der Waals surface area contributed by atoms with E-state index in [-0.39, 0.29) is 17.9 Å². The highest BCUT2D eigenvalue weighted by Crippen LogP contribution is 2.36. The lowest BCUT2D eigenvalue weighted by Gasteiger charge is -2.34. The molecule has 0 radical (unpaired) electrons. The summed E-state index contributed by atoms with van der Waals surface area (Å²) >= 11 is 0. The molecular formula is C22H34N4O2. The molecule has 6 heteroatoms. The first kappa shape index (κ1) is 20.8. The van der Waals surface area contributed by atoms with Gasteiger partial charge in [0.2, 0.25) is 11.8 Å². The largest absolute Gasteiger partial charge is 0.355 e. The average Bonchev–Trinajstić information content (AvgIpc) is 2.72. The Morgan fingerprint density at radius 3 is 2.54 bits per heavy atom. The third-order valence-electron chi connectivity index (χ3n) is 6.13. The summed E-state index contributed by atoms with van der Waals surface area (Å²) in [6.07, 6.45) is 9.76. The van der Waals surface area contributed by atoms with Gasteiger partial charge in [-0.1, -0.05) is 12.5 Å². The minimum atomic E-state index is -0.0201. The zero-order valence-electron chi connectivity index (χ0n) is 17.0. The van der Waals surface area contributed by atoms with Crippen molar-refractivity contribution >= 4 is 11.8 Å². The Hall–Kier alpha value is -1.95. The van der Waals surface area contributed by atoms with Crippen molar-refractivity contribution in [2.45, 2.75) is 57.9 Å². The van der Waals surface area contributed by atoms with E-state index in [9.17, 15) is 9.59 Å². The van der Waals surface area contributed by atoms with Crippen molar-refractivity contribution in [3.05, 3.63) is 30.1 Å². The second kappa shape index (κ2) is 10.6. The Labute approximate surface area is 168 Å². The molecule has 1 aliphatic carbocycles. The maximum Gasteiger partial charge on any atom is 0.234 e. The monoisotopic (exact) mass is 386 g/mol. The van der Waals surface area contributed by atoms with Gasteiger partial charge in [0.25, 0.3) is 0 Å². The fourth-order valence-electron chi connectivity index (χ4n) is 4.57. The number of carbonyl (C=O) groups is 2. The average molecular weight is 387 g/mol. The minimum Gasteiger partial charge on any atom is -0.355 e. The molecular weight excluding hydrogens is 352 g/mol. The van der Waals surface area contributed by atoms with Crippen LogP contribution in [0.5, 0.6) is 0 Å². The molecule has 0 bridgehead atoms. The molecule has 2 fully saturated rings. The van der Waals surface area contributed by atoms with E-state index < -0.39 is 0 Å². The van der Waals surface area contributed by atoms with Gasteiger partial charge in [-0.15, -0.1) is 0 Å². The quantitative estimate of drug-likeness (QED) is 0.756. The summed E-state index contributed by atoms with van der Waals surface area (Å²) < 4.78 is 0. The maximum absolute atomic E-state index is 12.2. The van der Waals surface area contributed by atoms with Crippen LogP contribution in [0.2, 0.25) is 0 Å². The van der Waals surface area contributed by atoms with Crippen molar-refractivity contribution in [2.75, 3.05) is 26.2 Å². The summed E-state index contributed by atoms with van der Waals surface area (Å²) in [6, 6.07) is 5.85. The van der Waals surface area contributed by atoms with Gasteiger partial charge < -0.3 is 10.6 Å².